The largest absolute Gasteiger partial charge is 0.341 e. The summed E-state index contributed by atoms with van der Waals surface area (Å²) in [6, 6.07) is 14.6. The molecule has 0 fully saturated rings. The summed E-state index contributed by atoms with van der Waals surface area (Å²) in [5, 5.41) is 2.44. The highest BCUT2D eigenvalue weighted by atomic mass is 32.1. The number of carbonyl (C=O) groups is 1. The number of nitrogens with zero attached hydrogens (tertiary/aromatic N) is 1. The van der Waals surface area contributed by atoms with Crippen LogP contribution in [0.1, 0.15) is 12.0 Å². The van der Waals surface area contributed by atoms with Gasteiger partial charge in [0.15, 0.2) is 0 Å². The molecule has 0 atom stereocenters. The van der Waals surface area contributed by atoms with Crippen LogP contribution < -0.4 is 0 Å². The quantitative estimate of drug-likeness (QED) is 0.837. The van der Waals surface area contributed by atoms with Gasteiger partial charge in [0.2, 0.25) is 5.91 Å². The van der Waals surface area contributed by atoms with E-state index < -0.39 is 0 Å². The zero-order valence-electron chi connectivity index (χ0n) is 10.5. The van der Waals surface area contributed by atoms with E-state index in [1.807, 2.05) is 19.2 Å². The standard InChI is InChI=1S/C15H17NOS/c1-16(15(17)8-9-18)11-12-6-7-13-4-2-3-5-14(13)10-12/h2-7,10,18H,8-9,11H2,1H3. The smallest absolute Gasteiger partial charge is 0.223 e. The third-order valence-corrected chi connectivity index (χ3v) is 3.21. The van der Waals surface area contributed by atoms with Crippen LogP contribution in [-0.4, -0.2) is 23.6 Å². The van der Waals surface area contributed by atoms with Crippen LogP contribution in [0.3, 0.4) is 0 Å². The van der Waals surface area contributed by atoms with Crippen molar-refractivity contribution in [2.45, 2.75) is 13.0 Å². The molecule has 18 heavy (non-hydrogen) atoms. The summed E-state index contributed by atoms with van der Waals surface area (Å²) in [5.74, 6) is 0.735. The molecule has 2 rings (SSSR count). The molecule has 94 valence electrons. The minimum Gasteiger partial charge on any atom is -0.341 e. The van der Waals surface area contributed by atoms with Crippen molar-refractivity contribution in [1.82, 2.24) is 4.90 Å². The van der Waals surface area contributed by atoms with Crippen molar-refractivity contribution in [3.8, 4) is 0 Å². The molecule has 0 N–H and O–H groups in total. The lowest BCUT2D eigenvalue weighted by molar-refractivity contribution is -0.129. The predicted octanol–water partition coefficient (Wildman–Crippen LogP) is 3.12. The monoisotopic (exact) mass is 259 g/mol. The number of fused-ring (bicyclic) bond motifs is 1. The van der Waals surface area contributed by atoms with Crippen molar-refractivity contribution in [3.63, 3.8) is 0 Å². The molecule has 2 aromatic rings. The Labute approximate surface area is 113 Å². The summed E-state index contributed by atoms with van der Waals surface area (Å²) in [6.07, 6.45) is 0.493. The van der Waals surface area contributed by atoms with E-state index in [-0.39, 0.29) is 5.91 Å². The van der Waals surface area contributed by atoms with Crippen molar-refractivity contribution in [1.29, 1.82) is 0 Å². The van der Waals surface area contributed by atoms with E-state index in [2.05, 4.69) is 43.0 Å². The third kappa shape index (κ3) is 3.05. The molecule has 0 aliphatic carbocycles. The molecular weight excluding hydrogens is 242 g/mol. The molecule has 0 unspecified atom stereocenters. The fourth-order valence-corrected chi connectivity index (χ4v) is 2.18. The second kappa shape index (κ2) is 5.91. The number of hydrogen-bond acceptors (Lipinski definition) is 2. The summed E-state index contributed by atoms with van der Waals surface area (Å²) >= 11 is 4.08. The Balaban J connectivity index is 2.14. The van der Waals surface area contributed by atoms with Gasteiger partial charge in [-0.3, -0.25) is 4.79 Å². The lowest BCUT2D eigenvalue weighted by Gasteiger charge is -2.17. The Morgan fingerprint density at radius 2 is 1.89 bits per heavy atom. The van der Waals surface area contributed by atoms with Crippen LogP contribution in [0.15, 0.2) is 42.5 Å². The molecule has 0 radical (unpaired) electrons. The molecule has 2 nitrogen and oxygen atoms in total. The minimum absolute atomic E-state index is 0.137. The van der Waals surface area contributed by atoms with E-state index in [9.17, 15) is 4.79 Å². The van der Waals surface area contributed by atoms with Gasteiger partial charge < -0.3 is 4.90 Å². The Morgan fingerprint density at radius 1 is 1.17 bits per heavy atom. The van der Waals surface area contributed by atoms with Crippen molar-refractivity contribution in [3.05, 3.63) is 48.0 Å². The van der Waals surface area contributed by atoms with E-state index in [0.29, 0.717) is 18.7 Å². The summed E-state index contributed by atoms with van der Waals surface area (Å²) in [4.78, 5) is 13.4. The van der Waals surface area contributed by atoms with Crippen molar-refractivity contribution >= 4 is 29.3 Å². The van der Waals surface area contributed by atoms with Gasteiger partial charge in [0.05, 0.1) is 0 Å². The molecule has 0 aromatic heterocycles. The SMILES string of the molecule is CN(Cc1ccc2ccccc2c1)C(=O)CCS. The first-order valence-electron chi connectivity index (χ1n) is 6.03. The van der Waals surface area contributed by atoms with E-state index in [1.54, 1.807) is 4.90 Å². The van der Waals surface area contributed by atoms with E-state index in [4.69, 9.17) is 0 Å². The molecular formula is C15H17NOS. The second-order valence-corrected chi connectivity index (χ2v) is 4.85. The van der Waals surface area contributed by atoms with Gasteiger partial charge in [-0.05, 0) is 28.2 Å². The normalized spacial score (nSPS) is 10.6. The van der Waals surface area contributed by atoms with E-state index in [0.717, 1.165) is 5.56 Å². The van der Waals surface area contributed by atoms with Crippen molar-refractivity contribution in [2.24, 2.45) is 0 Å². The highest BCUT2D eigenvalue weighted by molar-refractivity contribution is 7.80. The molecule has 0 saturated carbocycles. The topological polar surface area (TPSA) is 20.3 Å². The number of carbonyl (C=O) groups excluding carboxylic acids is 1. The molecule has 0 spiro atoms. The Morgan fingerprint density at radius 3 is 2.61 bits per heavy atom. The molecule has 0 aliphatic heterocycles. The number of thiol groups is 1. The molecule has 2 aromatic carbocycles. The minimum atomic E-state index is 0.137. The highest BCUT2D eigenvalue weighted by Crippen LogP contribution is 2.16. The van der Waals surface area contributed by atoms with Gasteiger partial charge >= 0.3 is 0 Å². The predicted molar refractivity (Wildman–Crippen MR) is 78.9 cm³/mol. The van der Waals surface area contributed by atoms with Crippen molar-refractivity contribution < 1.29 is 4.79 Å². The van der Waals surface area contributed by atoms with Crippen LogP contribution in [0.25, 0.3) is 10.8 Å². The first-order valence-corrected chi connectivity index (χ1v) is 6.66. The molecule has 3 heteroatoms. The van der Waals surface area contributed by atoms with Gasteiger partial charge in [0, 0.05) is 20.0 Å². The van der Waals surface area contributed by atoms with Gasteiger partial charge in [0.1, 0.15) is 0 Å². The van der Waals surface area contributed by atoms with Gasteiger partial charge in [-0.2, -0.15) is 12.6 Å². The Kier molecular flexibility index (Phi) is 4.26. The maximum Gasteiger partial charge on any atom is 0.223 e. The lowest BCUT2D eigenvalue weighted by atomic mass is 10.1. The Bertz CT molecular complexity index is 553. The average Bonchev–Trinajstić information content (AvgIpc) is 2.39. The highest BCUT2D eigenvalue weighted by Gasteiger charge is 2.08. The first kappa shape index (κ1) is 13.0. The zero-order valence-corrected chi connectivity index (χ0v) is 11.4. The van der Waals surface area contributed by atoms with Crippen molar-refractivity contribution in [2.75, 3.05) is 12.8 Å². The van der Waals surface area contributed by atoms with Crippen LogP contribution in [-0.2, 0) is 11.3 Å². The number of rotatable bonds is 4. The maximum atomic E-state index is 11.7. The van der Waals surface area contributed by atoms with Gasteiger partial charge in [-0.25, -0.2) is 0 Å². The van der Waals surface area contributed by atoms with Crippen LogP contribution in [0, 0.1) is 0 Å². The summed E-state index contributed by atoms with van der Waals surface area (Å²) in [7, 11) is 1.83. The van der Waals surface area contributed by atoms with Gasteiger partial charge in [0.25, 0.3) is 0 Å². The number of benzene rings is 2. The summed E-state index contributed by atoms with van der Waals surface area (Å²) in [6.45, 7) is 0.650. The van der Waals surface area contributed by atoms with Crippen LogP contribution in [0.5, 0.6) is 0 Å². The van der Waals surface area contributed by atoms with Crippen LogP contribution in [0.4, 0.5) is 0 Å². The first-order chi connectivity index (χ1) is 8.70. The number of hydrogen-bond donors (Lipinski definition) is 1. The van der Waals surface area contributed by atoms with E-state index in [1.165, 1.54) is 10.8 Å². The summed E-state index contributed by atoms with van der Waals surface area (Å²) < 4.78 is 0. The van der Waals surface area contributed by atoms with Crippen LogP contribution >= 0.6 is 12.6 Å². The Hall–Kier alpha value is -1.48. The summed E-state index contributed by atoms with van der Waals surface area (Å²) in [5.41, 5.74) is 1.16. The van der Waals surface area contributed by atoms with Gasteiger partial charge in [-0.1, -0.05) is 36.4 Å². The van der Waals surface area contributed by atoms with Gasteiger partial charge in [-0.15, -0.1) is 0 Å². The second-order valence-electron chi connectivity index (χ2n) is 4.40. The molecule has 0 heterocycles. The molecule has 0 aliphatic rings. The average molecular weight is 259 g/mol. The molecule has 0 bridgehead atoms. The molecule has 0 saturated heterocycles. The zero-order chi connectivity index (χ0) is 13.0. The maximum absolute atomic E-state index is 11.7. The molecule has 1 amide bonds. The fourth-order valence-electron chi connectivity index (χ4n) is 1.99. The lowest BCUT2D eigenvalue weighted by Crippen LogP contribution is -2.26. The van der Waals surface area contributed by atoms with E-state index >= 15 is 0 Å². The third-order valence-electron chi connectivity index (χ3n) is 2.99. The number of amides is 1. The van der Waals surface area contributed by atoms with Crippen LogP contribution in [0.2, 0.25) is 0 Å². The fraction of sp³-hybridized carbons (Fsp3) is 0.267.